The minimum atomic E-state index is -5.76. The van der Waals surface area contributed by atoms with Crippen LogP contribution in [-0.2, 0) is 30.9 Å². The number of hydrogen-bond donors (Lipinski definition) is 0. The third-order valence-corrected chi connectivity index (χ3v) is 12.9. The summed E-state index contributed by atoms with van der Waals surface area (Å²) >= 11 is 0. The molecule has 0 aromatic heterocycles. The molecule has 5 aromatic carbocycles. The van der Waals surface area contributed by atoms with E-state index in [1.807, 2.05) is 6.92 Å². The van der Waals surface area contributed by atoms with Gasteiger partial charge in [-0.3, -0.25) is 0 Å². The van der Waals surface area contributed by atoms with Crippen molar-refractivity contribution in [3.05, 3.63) is 172 Å². The summed E-state index contributed by atoms with van der Waals surface area (Å²) in [4.78, 5) is 0. The summed E-state index contributed by atoms with van der Waals surface area (Å²) in [6, 6.07) is 17.8. The fourth-order valence-electron chi connectivity index (χ4n) is 8.21. The molecule has 0 heterocycles. The van der Waals surface area contributed by atoms with Gasteiger partial charge in [0.2, 0.25) is 0 Å². The zero-order valence-corrected chi connectivity index (χ0v) is 45.5. The van der Waals surface area contributed by atoms with Crippen molar-refractivity contribution in [3.8, 4) is 0 Å². The average molecular weight is 991 g/mol. The monoisotopic (exact) mass is 991 g/mol. The molecule has 10 heteroatoms. The number of unbranched alkanes of at least 4 members (excludes halogenated alkanes) is 1. The zero-order valence-electron chi connectivity index (χ0n) is 45.5. The Morgan fingerprint density at radius 2 is 0.700 bits per heavy atom. The lowest BCUT2D eigenvalue weighted by Crippen LogP contribution is -2.34. The van der Waals surface area contributed by atoms with Gasteiger partial charge in [-0.1, -0.05) is 90.4 Å². The van der Waals surface area contributed by atoms with Gasteiger partial charge in [-0.2, -0.15) is 35.1 Å². The summed E-state index contributed by atoms with van der Waals surface area (Å²) in [7, 11) is 0. The molecule has 390 valence electrons. The number of aryl methyl sites for hydroxylation is 15. The van der Waals surface area contributed by atoms with Gasteiger partial charge < -0.3 is 0 Å². The summed E-state index contributed by atoms with van der Waals surface area (Å²) in [6.45, 7) is 38.6. The number of halogens is 10. The first-order valence-corrected chi connectivity index (χ1v) is 24.2. The van der Waals surface area contributed by atoms with Crippen LogP contribution in [0.5, 0.6) is 0 Å². The fourth-order valence-corrected chi connectivity index (χ4v) is 8.21. The first kappa shape index (κ1) is 63.4. The molecule has 0 unspecified atom stereocenters. The fraction of sp³-hybridized carbons (Fsp3) is 0.500. The van der Waals surface area contributed by atoms with Crippen LogP contribution < -0.4 is 0 Å². The van der Waals surface area contributed by atoms with Crippen molar-refractivity contribution < 1.29 is 43.9 Å². The van der Waals surface area contributed by atoms with Gasteiger partial charge in [0.25, 0.3) is 5.92 Å². The van der Waals surface area contributed by atoms with Crippen molar-refractivity contribution in [2.45, 2.75) is 200 Å². The Morgan fingerprint density at radius 1 is 0.371 bits per heavy atom. The van der Waals surface area contributed by atoms with Crippen molar-refractivity contribution in [1.82, 2.24) is 0 Å². The summed E-state index contributed by atoms with van der Waals surface area (Å²) < 4.78 is 127. The van der Waals surface area contributed by atoms with E-state index >= 15 is 0 Å². The van der Waals surface area contributed by atoms with Crippen LogP contribution in [0, 0.1) is 90.0 Å². The molecule has 0 aliphatic heterocycles. The lowest BCUT2D eigenvalue weighted by molar-refractivity contribution is -0.289. The Balaban J connectivity index is 0.000000443. The van der Waals surface area contributed by atoms with E-state index in [1.54, 1.807) is 18.6 Å². The second-order valence-corrected chi connectivity index (χ2v) is 19.7. The van der Waals surface area contributed by atoms with Crippen LogP contribution in [-0.4, -0.2) is 6.18 Å². The Labute approximate surface area is 414 Å². The molecule has 0 amide bonds. The Morgan fingerprint density at radius 3 is 1.13 bits per heavy atom. The second-order valence-electron chi connectivity index (χ2n) is 19.7. The van der Waals surface area contributed by atoms with Crippen LogP contribution >= 0.6 is 0 Å². The molecule has 70 heavy (non-hydrogen) atoms. The van der Waals surface area contributed by atoms with Gasteiger partial charge >= 0.3 is 18.3 Å². The molecular weight excluding hydrogens is 911 g/mol. The normalized spacial score (nSPS) is 11.8. The molecular formula is C60H80F10. The molecule has 0 spiro atoms. The number of benzene rings is 5. The first-order valence-electron chi connectivity index (χ1n) is 24.2. The van der Waals surface area contributed by atoms with E-state index in [2.05, 4.69) is 133 Å². The number of alkyl halides is 10. The van der Waals surface area contributed by atoms with Gasteiger partial charge in [0, 0.05) is 18.1 Å². The first-order chi connectivity index (χ1) is 31.8. The van der Waals surface area contributed by atoms with Crippen molar-refractivity contribution in [1.29, 1.82) is 0 Å². The minimum absolute atomic E-state index is 0.288. The topological polar surface area (TPSA) is 0 Å². The molecule has 0 radical (unpaired) electrons. The molecule has 0 saturated carbocycles. The van der Waals surface area contributed by atoms with Crippen molar-refractivity contribution in [2.75, 3.05) is 0 Å². The SMILES string of the molecule is CCCCc1cc(C)c(C(C)C)cc1C.CCc1cc(C)c(C)cc1C.Cc1cc(C(F)(F)C(F)(F)F)c(C)cc1C(C)(F)F.Cc1cc(C)c(C(C)C)cc1C.Cc1cc(C)c(C(F)(F)F)cc1C. The lowest BCUT2D eigenvalue weighted by atomic mass is 9.91. The molecule has 0 saturated heterocycles. The third kappa shape index (κ3) is 18.2. The van der Waals surface area contributed by atoms with Crippen molar-refractivity contribution in [2.24, 2.45) is 0 Å². The average Bonchev–Trinajstić information content (AvgIpc) is 3.22. The van der Waals surface area contributed by atoms with Crippen LogP contribution in [0.4, 0.5) is 43.9 Å². The standard InChI is InChI=1S/C15H24.C12H11F7.C12H18.C11H16.C10H11F3/c1-6-7-8-14-9-13(5)15(11(2)3)10-12(14)4;1-6-5-9(11(15,16)12(17,18)19)7(2)4-8(6)10(3,13)14;1-8(2)12-7-10(4)9(3)6-11(12)5;1-5-11-7-9(3)8(2)6-10(11)4;1-6-4-8(3)9(5-7(6)2)10(11,12)13/h9-11H,6-8H2,1-5H3;4-5H,1-3H3;6-8H,1-5H3;6-7H,5H2,1-4H3;4-5H,1-3H3. The summed E-state index contributed by atoms with van der Waals surface area (Å²) in [6.07, 6.45) is -5.02. The highest BCUT2D eigenvalue weighted by Crippen LogP contribution is 2.46. The van der Waals surface area contributed by atoms with E-state index in [1.165, 1.54) is 93.5 Å². The van der Waals surface area contributed by atoms with Gasteiger partial charge in [-0.05, 0) is 234 Å². The molecule has 0 bridgehead atoms. The largest absolute Gasteiger partial charge is 0.458 e. The highest BCUT2D eigenvalue weighted by atomic mass is 19.4. The van der Waals surface area contributed by atoms with Crippen LogP contribution in [0.1, 0.15) is 184 Å². The van der Waals surface area contributed by atoms with E-state index in [0.717, 1.165) is 25.8 Å². The van der Waals surface area contributed by atoms with Gasteiger partial charge in [-0.25, -0.2) is 8.78 Å². The van der Waals surface area contributed by atoms with Gasteiger partial charge in [0.1, 0.15) is 0 Å². The highest BCUT2D eigenvalue weighted by molar-refractivity contribution is 5.43. The Hall–Kier alpha value is -4.60. The van der Waals surface area contributed by atoms with E-state index < -0.39 is 46.5 Å². The number of rotatable bonds is 8. The van der Waals surface area contributed by atoms with E-state index in [4.69, 9.17) is 0 Å². The number of hydrogen-bond acceptors (Lipinski definition) is 0. The molecule has 5 aromatic rings. The molecule has 0 aliphatic rings. The van der Waals surface area contributed by atoms with Crippen LogP contribution in [0.25, 0.3) is 0 Å². The van der Waals surface area contributed by atoms with Crippen LogP contribution in [0.3, 0.4) is 0 Å². The Kier molecular flexibility index (Phi) is 23.7. The van der Waals surface area contributed by atoms with Crippen molar-refractivity contribution in [3.63, 3.8) is 0 Å². The van der Waals surface area contributed by atoms with Gasteiger partial charge in [-0.15, -0.1) is 0 Å². The summed E-state index contributed by atoms with van der Waals surface area (Å²) in [5, 5.41) is 0. The van der Waals surface area contributed by atoms with Crippen LogP contribution in [0.15, 0.2) is 60.7 Å². The molecule has 0 aliphatic carbocycles. The molecule has 5 rings (SSSR count). The Bertz CT molecular complexity index is 2470. The van der Waals surface area contributed by atoms with Crippen LogP contribution in [0.2, 0.25) is 0 Å². The maximum absolute atomic E-state index is 13.2. The third-order valence-electron chi connectivity index (χ3n) is 12.9. The smallest absolute Gasteiger partial charge is 0.202 e. The second kappa shape index (κ2) is 26.2. The maximum Gasteiger partial charge on any atom is 0.458 e. The van der Waals surface area contributed by atoms with E-state index in [0.29, 0.717) is 36.5 Å². The summed E-state index contributed by atoms with van der Waals surface area (Å²) in [5.74, 6) is -7.09. The van der Waals surface area contributed by atoms with E-state index in [-0.39, 0.29) is 11.1 Å². The van der Waals surface area contributed by atoms with E-state index in [9.17, 15) is 43.9 Å². The molecule has 0 N–H and O–H groups in total. The quantitative estimate of drug-likeness (QED) is 0.136. The zero-order chi connectivity index (χ0) is 54.6. The molecule has 0 nitrogen and oxygen atoms in total. The predicted molar refractivity (Wildman–Crippen MR) is 274 cm³/mol. The molecule has 0 atom stereocenters. The predicted octanol–water partition coefficient (Wildman–Crippen LogP) is 20.4. The van der Waals surface area contributed by atoms with Crippen molar-refractivity contribution >= 4 is 0 Å². The highest BCUT2D eigenvalue weighted by Gasteiger charge is 2.59. The van der Waals surface area contributed by atoms with Gasteiger partial charge in [0.15, 0.2) is 0 Å². The lowest BCUT2D eigenvalue weighted by Gasteiger charge is -2.24. The summed E-state index contributed by atoms with van der Waals surface area (Å²) in [5.41, 5.74) is 16.0. The molecule has 0 fully saturated rings. The maximum atomic E-state index is 13.2. The minimum Gasteiger partial charge on any atom is -0.202 e. The van der Waals surface area contributed by atoms with Gasteiger partial charge in [0.05, 0.1) is 5.56 Å².